The number of amides is 3. The summed E-state index contributed by atoms with van der Waals surface area (Å²) in [6.07, 6.45) is 1.32. The van der Waals surface area contributed by atoms with Crippen molar-refractivity contribution in [2.75, 3.05) is 17.7 Å². The summed E-state index contributed by atoms with van der Waals surface area (Å²) in [5.74, 6) is 0.359. The highest BCUT2D eigenvalue weighted by Crippen LogP contribution is 2.38. The number of nitrogens with two attached hydrogens (primary N) is 1. The van der Waals surface area contributed by atoms with Crippen LogP contribution in [0.4, 0.5) is 16.2 Å². The van der Waals surface area contributed by atoms with Crippen molar-refractivity contribution in [1.82, 2.24) is 14.7 Å². The van der Waals surface area contributed by atoms with Crippen LogP contribution in [0.5, 0.6) is 0 Å². The number of nitrogens with zero attached hydrogens (tertiary/aromatic N) is 5. The van der Waals surface area contributed by atoms with E-state index in [1.54, 1.807) is 11.9 Å². The first-order valence-corrected chi connectivity index (χ1v) is 10.2. The highest BCUT2D eigenvalue weighted by molar-refractivity contribution is 6.10. The first kappa shape index (κ1) is 19.2. The second kappa shape index (κ2) is 6.87. The van der Waals surface area contributed by atoms with Crippen molar-refractivity contribution in [3.8, 4) is 0 Å². The molecule has 0 bridgehead atoms. The van der Waals surface area contributed by atoms with Gasteiger partial charge in [0.05, 0.1) is 17.9 Å². The number of fused-ring (bicyclic) bond motifs is 3. The smallest absolute Gasteiger partial charge is 0.328 e. The molecular weight excluding hydrogens is 392 g/mol. The highest BCUT2D eigenvalue weighted by atomic mass is 16.2. The fourth-order valence-electron chi connectivity index (χ4n) is 4.45. The largest absolute Gasteiger partial charge is 0.397 e. The summed E-state index contributed by atoms with van der Waals surface area (Å²) in [5.41, 5.74) is 10.5. The van der Waals surface area contributed by atoms with E-state index in [2.05, 4.69) is 0 Å². The van der Waals surface area contributed by atoms with Gasteiger partial charge in [-0.2, -0.15) is 0 Å². The predicted octanol–water partition coefficient (Wildman–Crippen LogP) is 2.72. The van der Waals surface area contributed by atoms with Crippen molar-refractivity contribution in [3.63, 3.8) is 0 Å². The van der Waals surface area contributed by atoms with Crippen LogP contribution < -0.4 is 10.6 Å². The number of hydrogen-bond acceptors (Lipinski definition) is 6. The third-order valence-corrected chi connectivity index (χ3v) is 6.16. The number of aryl methyl sites for hydroxylation is 1. The van der Waals surface area contributed by atoms with Crippen LogP contribution in [0.2, 0.25) is 0 Å². The zero-order chi connectivity index (χ0) is 21.9. The summed E-state index contributed by atoms with van der Waals surface area (Å²) in [5, 5.41) is 0. The molecule has 3 heterocycles. The molecule has 2 aromatic rings. The van der Waals surface area contributed by atoms with Gasteiger partial charge in [0.15, 0.2) is 12.2 Å². The molecular formula is C23H24N6O2. The maximum atomic E-state index is 13.5. The van der Waals surface area contributed by atoms with Crippen LogP contribution in [-0.4, -0.2) is 51.9 Å². The summed E-state index contributed by atoms with van der Waals surface area (Å²) < 4.78 is 0. The summed E-state index contributed by atoms with van der Waals surface area (Å²) in [6.45, 7) is 4.17. The molecule has 3 aliphatic rings. The molecule has 3 aliphatic heterocycles. The lowest BCUT2D eigenvalue weighted by molar-refractivity contribution is -0.137. The molecule has 0 spiro atoms. The summed E-state index contributed by atoms with van der Waals surface area (Å²) in [4.78, 5) is 38.1. The van der Waals surface area contributed by atoms with Crippen molar-refractivity contribution >= 4 is 29.3 Å². The van der Waals surface area contributed by atoms with Gasteiger partial charge in [-0.05, 0) is 37.1 Å². The van der Waals surface area contributed by atoms with E-state index in [1.165, 1.54) is 4.90 Å². The molecule has 0 radical (unpaired) electrons. The average molecular weight is 416 g/mol. The molecule has 31 heavy (non-hydrogen) atoms. The van der Waals surface area contributed by atoms with Gasteiger partial charge in [0.25, 0.3) is 5.91 Å². The van der Waals surface area contributed by atoms with E-state index in [1.807, 2.05) is 78.4 Å². The molecule has 2 aromatic carbocycles. The third-order valence-electron chi connectivity index (χ3n) is 6.16. The molecule has 1 fully saturated rings. The molecule has 8 heteroatoms. The minimum Gasteiger partial charge on any atom is -0.397 e. The molecule has 2 N–H and O–H groups in total. The molecule has 2 atom stereocenters. The van der Waals surface area contributed by atoms with Crippen LogP contribution in [0.15, 0.2) is 65.4 Å². The quantitative estimate of drug-likeness (QED) is 0.778. The lowest BCUT2D eigenvalue weighted by atomic mass is 10.1. The SMILES string of the molecule is CC1=CN2C(=NC3C2C(=O)N(Cc2ccccc2C)C(=O)N3C)N1c1ccccc1N. The van der Waals surface area contributed by atoms with Crippen LogP contribution in [-0.2, 0) is 11.3 Å². The molecule has 0 aromatic heterocycles. The number of hydrogen-bond donors (Lipinski definition) is 1. The molecule has 3 amide bonds. The molecule has 158 valence electrons. The Kier molecular flexibility index (Phi) is 4.25. The van der Waals surface area contributed by atoms with Crippen molar-refractivity contribution < 1.29 is 9.59 Å². The van der Waals surface area contributed by atoms with E-state index in [9.17, 15) is 9.59 Å². The summed E-state index contributed by atoms with van der Waals surface area (Å²) in [6, 6.07) is 14.4. The number of benzene rings is 2. The van der Waals surface area contributed by atoms with Crippen molar-refractivity contribution in [1.29, 1.82) is 0 Å². The van der Waals surface area contributed by atoms with Crippen LogP contribution in [0.3, 0.4) is 0 Å². The van der Waals surface area contributed by atoms with Crippen LogP contribution in [0.1, 0.15) is 18.1 Å². The first-order valence-electron chi connectivity index (χ1n) is 10.2. The minimum absolute atomic E-state index is 0.235. The molecule has 8 nitrogen and oxygen atoms in total. The summed E-state index contributed by atoms with van der Waals surface area (Å²) >= 11 is 0. The Hall–Kier alpha value is -3.81. The fraction of sp³-hybridized carbons (Fsp3) is 0.261. The number of rotatable bonds is 3. The predicted molar refractivity (Wildman–Crippen MR) is 119 cm³/mol. The topological polar surface area (TPSA) is 85.5 Å². The Labute approximate surface area is 180 Å². The second-order valence-corrected chi connectivity index (χ2v) is 8.10. The Balaban J connectivity index is 1.50. The number of imide groups is 1. The van der Waals surface area contributed by atoms with E-state index < -0.39 is 12.2 Å². The molecule has 5 rings (SSSR count). The second-order valence-electron chi connectivity index (χ2n) is 8.10. The van der Waals surface area contributed by atoms with Crippen molar-refractivity contribution in [2.24, 2.45) is 4.99 Å². The number of carbonyl (C=O) groups is 2. The molecule has 0 aliphatic carbocycles. The Morgan fingerprint density at radius 3 is 2.48 bits per heavy atom. The number of carbonyl (C=O) groups excluding carboxylic acids is 2. The number of anilines is 2. The fourth-order valence-corrected chi connectivity index (χ4v) is 4.45. The van der Waals surface area contributed by atoms with Gasteiger partial charge >= 0.3 is 6.03 Å². The Bertz CT molecular complexity index is 1160. The molecule has 1 saturated heterocycles. The van der Waals surface area contributed by atoms with Crippen LogP contribution in [0, 0.1) is 6.92 Å². The zero-order valence-electron chi connectivity index (χ0n) is 17.7. The number of para-hydroxylation sites is 2. The van der Waals surface area contributed by atoms with Crippen molar-refractivity contribution in [2.45, 2.75) is 32.6 Å². The number of urea groups is 1. The number of allylic oxidation sites excluding steroid dienone is 1. The average Bonchev–Trinajstić information content (AvgIpc) is 3.26. The van der Waals surface area contributed by atoms with E-state index in [-0.39, 0.29) is 18.5 Å². The van der Waals surface area contributed by atoms with Gasteiger partial charge in [-0.15, -0.1) is 0 Å². The zero-order valence-corrected chi connectivity index (χ0v) is 17.7. The maximum absolute atomic E-state index is 13.5. The monoisotopic (exact) mass is 416 g/mol. The highest BCUT2D eigenvalue weighted by Gasteiger charge is 2.54. The number of likely N-dealkylation sites (N-methyl/N-ethyl adjacent to an activating group) is 1. The number of nitrogen functional groups attached to an aromatic ring is 1. The van der Waals surface area contributed by atoms with Gasteiger partial charge < -0.3 is 15.5 Å². The Morgan fingerprint density at radius 2 is 1.74 bits per heavy atom. The van der Waals surface area contributed by atoms with E-state index in [4.69, 9.17) is 10.7 Å². The van der Waals surface area contributed by atoms with E-state index >= 15 is 0 Å². The standard InChI is InChI=1S/C23H24N6O2/c1-14-8-4-5-9-16(14)13-28-21(30)19-20(26(3)23(28)31)25-22-27(19)12-15(2)29(22)18-11-7-6-10-17(18)24/h4-12,19-20H,13,24H2,1-3H3. The molecule has 0 saturated carbocycles. The Morgan fingerprint density at radius 1 is 1.03 bits per heavy atom. The van der Waals surface area contributed by atoms with Crippen LogP contribution in [0.25, 0.3) is 0 Å². The van der Waals surface area contributed by atoms with Gasteiger partial charge in [-0.1, -0.05) is 36.4 Å². The third kappa shape index (κ3) is 2.78. The normalized spacial score (nSPS) is 22.5. The first-order chi connectivity index (χ1) is 14.9. The van der Waals surface area contributed by atoms with Gasteiger partial charge in [-0.25, -0.2) is 9.79 Å². The van der Waals surface area contributed by atoms with E-state index in [0.29, 0.717) is 11.6 Å². The lowest BCUT2D eigenvalue weighted by Crippen LogP contribution is -2.63. The number of aliphatic imine (C=N–C) groups is 1. The minimum atomic E-state index is -0.605. The maximum Gasteiger partial charge on any atom is 0.328 e. The van der Waals surface area contributed by atoms with Gasteiger partial charge in [0.1, 0.15) is 0 Å². The van der Waals surface area contributed by atoms with Crippen LogP contribution >= 0.6 is 0 Å². The summed E-state index contributed by atoms with van der Waals surface area (Å²) in [7, 11) is 1.70. The van der Waals surface area contributed by atoms with Crippen molar-refractivity contribution in [3.05, 3.63) is 71.6 Å². The van der Waals surface area contributed by atoms with E-state index in [0.717, 1.165) is 22.5 Å². The molecule has 2 unspecified atom stereocenters. The van der Waals surface area contributed by atoms with Gasteiger partial charge in [0.2, 0.25) is 5.96 Å². The van der Waals surface area contributed by atoms with Gasteiger partial charge in [-0.3, -0.25) is 14.6 Å². The number of guanidine groups is 1. The lowest BCUT2D eigenvalue weighted by Gasteiger charge is -2.40. The van der Waals surface area contributed by atoms with Gasteiger partial charge in [0, 0.05) is 18.9 Å².